The van der Waals surface area contributed by atoms with E-state index in [4.69, 9.17) is 5.73 Å². The van der Waals surface area contributed by atoms with E-state index in [2.05, 4.69) is 31.1 Å². The largest absolute Gasteiger partial charge is 0.382 e. The zero-order valence-electron chi connectivity index (χ0n) is 10.6. The number of anilines is 1. The molecule has 7 heteroatoms. The van der Waals surface area contributed by atoms with E-state index >= 15 is 0 Å². The average Bonchev–Trinajstić information content (AvgIpc) is 2.80. The van der Waals surface area contributed by atoms with Gasteiger partial charge in [0, 0.05) is 10.7 Å². The monoisotopic (exact) mass is 350 g/mol. The number of nitrogen functional groups attached to an aromatic ring is 1. The Morgan fingerprint density at radius 1 is 1.10 bits per heavy atom. The van der Waals surface area contributed by atoms with E-state index in [-0.39, 0.29) is 17.1 Å². The van der Waals surface area contributed by atoms with Crippen LogP contribution in [0.4, 0.5) is 14.6 Å². The van der Waals surface area contributed by atoms with Gasteiger partial charge < -0.3 is 5.73 Å². The number of aromatic amines is 1. The molecule has 0 aliphatic rings. The van der Waals surface area contributed by atoms with Crippen LogP contribution in [0, 0.1) is 11.6 Å². The van der Waals surface area contributed by atoms with E-state index in [1.54, 1.807) is 24.4 Å². The molecule has 0 bridgehead atoms. The van der Waals surface area contributed by atoms with Gasteiger partial charge in [-0.15, -0.1) is 0 Å². The molecule has 0 atom stereocenters. The molecular weight excluding hydrogens is 342 g/mol. The maximum Gasteiger partial charge on any atom is 0.155 e. The first-order chi connectivity index (χ1) is 10.1. The van der Waals surface area contributed by atoms with E-state index in [0.29, 0.717) is 15.7 Å². The molecule has 0 amide bonds. The fraction of sp³-hybridized carbons (Fsp3) is 0. The number of pyridine rings is 1. The van der Waals surface area contributed by atoms with Gasteiger partial charge in [0.05, 0.1) is 22.5 Å². The zero-order valence-corrected chi connectivity index (χ0v) is 12.2. The summed E-state index contributed by atoms with van der Waals surface area (Å²) >= 11 is 3.05. The minimum absolute atomic E-state index is 0.130. The predicted molar refractivity (Wildman–Crippen MR) is 79.3 cm³/mol. The normalized spacial score (nSPS) is 10.8. The molecule has 0 unspecified atom stereocenters. The summed E-state index contributed by atoms with van der Waals surface area (Å²) in [5, 5.41) is 6.42. The predicted octanol–water partition coefficient (Wildman–Crippen LogP) is 3.76. The third kappa shape index (κ3) is 2.40. The number of hydrogen-bond acceptors (Lipinski definition) is 3. The topological polar surface area (TPSA) is 67.6 Å². The molecule has 2 heterocycles. The van der Waals surface area contributed by atoms with Crippen LogP contribution in [-0.4, -0.2) is 15.2 Å². The quantitative estimate of drug-likeness (QED) is 0.739. The van der Waals surface area contributed by atoms with Crippen molar-refractivity contribution in [1.82, 2.24) is 15.2 Å². The van der Waals surface area contributed by atoms with E-state index < -0.39 is 11.6 Å². The first-order valence-corrected chi connectivity index (χ1v) is 6.77. The smallest absolute Gasteiger partial charge is 0.155 e. The van der Waals surface area contributed by atoms with Gasteiger partial charge in [0.2, 0.25) is 0 Å². The fourth-order valence-corrected chi connectivity index (χ4v) is 2.49. The molecule has 0 aliphatic heterocycles. The van der Waals surface area contributed by atoms with Gasteiger partial charge in [0.1, 0.15) is 11.6 Å². The van der Waals surface area contributed by atoms with Crippen LogP contribution in [0.25, 0.3) is 22.5 Å². The highest BCUT2D eigenvalue weighted by molar-refractivity contribution is 9.10. The van der Waals surface area contributed by atoms with Gasteiger partial charge >= 0.3 is 0 Å². The number of halogens is 3. The Morgan fingerprint density at radius 2 is 1.81 bits per heavy atom. The SMILES string of the molecule is Nc1n[nH]c(-c2c(F)cc(Br)cc2F)c1-c1ccccn1. The molecule has 1 aromatic carbocycles. The summed E-state index contributed by atoms with van der Waals surface area (Å²) in [6.07, 6.45) is 1.57. The molecular formula is C14H9BrF2N4. The van der Waals surface area contributed by atoms with Gasteiger partial charge in [-0.3, -0.25) is 10.1 Å². The number of aromatic nitrogens is 3. The molecule has 0 saturated heterocycles. The summed E-state index contributed by atoms with van der Waals surface area (Å²) in [5.74, 6) is -1.31. The van der Waals surface area contributed by atoms with Crippen molar-refractivity contribution in [2.24, 2.45) is 0 Å². The zero-order chi connectivity index (χ0) is 15.0. The van der Waals surface area contributed by atoms with Crippen LogP contribution in [0.15, 0.2) is 41.0 Å². The number of H-pyrrole nitrogens is 1. The lowest BCUT2D eigenvalue weighted by Crippen LogP contribution is -1.95. The van der Waals surface area contributed by atoms with E-state index in [0.717, 1.165) is 0 Å². The molecule has 3 aromatic rings. The van der Waals surface area contributed by atoms with Crippen molar-refractivity contribution in [3.8, 4) is 22.5 Å². The van der Waals surface area contributed by atoms with Gasteiger partial charge in [0.15, 0.2) is 5.82 Å². The lowest BCUT2D eigenvalue weighted by Gasteiger charge is -2.07. The Labute approximate surface area is 127 Å². The Hall–Kier alpha value is -2.28. The van der Waals surface area contributed by atoms with Crippen molar-refractivity contribution >= 4 is 21.7 Å². The van der Waals surface area contributed by atoms with Crippen molar-refractivity contribution in [1.29, 1.82) is 0 Å². The second kappa shape index (κ2) is 5.25. The third-order valence-corrected chi connectivity index (χ3v) is 3.43. The van der Waals surface area contributed by atoms with E-state index in [1.807, 2.05) is 0 Å². The van der Waals surface area contributed by atoms with Crippen LogP contribution in [0.3, 0.4) is 0 Å². The minimum Gasteiger partial charge on any atom is -0.382 e. The molecule has 3 rings (SSSR count). The molecule has 0 saturated carbocycles. The summed E-state index contributed by atoms with van der Waals surface area (Å²) in [4.78, 5) is 4.15. The lowest BCUT2D eigenvalue weighted by molar-refractivity contribution is 0.587. The lowest BCUT2D eigenvalue weighted by atomic mass is 10.0. The van der Waals surface area contributed by atoms with Crippen LogP contribution < -0.4 is 5.73 Å². The minimum atomic E-state index is -0.720. The standard InChI is InChI=1S/C14H9BrF2N4/c15-7-5-8(16)11(9(17)6-7)13-12(14(18)21-20-13)10-3-1-2-4-19-10/h1-6H,(H3,18,20,21). The highest BCUT2D eigenvalue weighted by Crippen LogP contribution is 2.36. The summed E-state index contributed by atoms with van der Waals surface area (Å²) in [5.41, 5.74) is 6.60. The second-order valence-electron chi connectivity index (χ2n) is 4.32. The summed E-state index contributed by atoms with van der Waals surface area (Å²) in [7, 11) is 0. The highest BCUT2D eigenvalue weighted by atomic mass is 79.9. The number of nitrogens with two attached hydrogens (primary N) is 1. The maximum absolute atomic E-state index is 14.1. The summed E-state index contributed by atoms with van der Waals surface area (Å²) in [6, 6.07) is 7.54. The van der Waals surface area contributed by atoms with E-state index in [9.17, 15) is 8.78 Å². The Balaban J connectivity index is 2.27. The number of rotatable bonds is 2. The van der Waals surface area contributed by atoms with Crippen LogP contribution in [0.2, 0.25) is 0 Å². The van der Waals surface area contributed by atoms with Gasteiger partial charge in [-0.25, -0.2) is 8.78 Å². The molecule has 3 N–H and O–H groups in total. The van der Waals surface area contributed by atoms with Crippen LogP contribution in [-0.2, 0) is 0 Å². The van der Waals surface area contributed by atoms with Crippen molar-refractivity contribution in [2.75, 3.05) is 5.73 Å². The van der Waals surface area contributed by atoms with Gasteiger partial charge in [-0.2, -0.15) is 5.10 Å². The van der Waals surface area contributed by atoms with Crippen molar-refractivity contribution in [3.05, 3.63) is 52.6 Å². The van der Waals surface area contributed by atoms with Crippen molar-refractivity contribution in [3.63, 3.8) is 0 Å². The number of nitrogens with zero attached hydrogens (tertiary/aromatic N) is 2. The number of benzene rings is 1. The van der Waals surface area contributed by atoms with Gasteiger partial charge in [-0.1, -0.05) is 22.0 Å². The molecule has 21 heavy (non-hydrogen) atoms. The first-order valence-electron chi connectivity index (χ1n) is 5.98. The van der Waals surface area contributed by atoms with Crippen molar-refractivity contribution < 1.29 is 8.78 Å². The highest BCUT2D eigenvalue weighted by Gasteiger charge is 2.22. The van der Waals surface area contributed by atoms with E-state index in [1.165, 1.54) is 12.1 Å². The second-order valence-corrected chi connectivity index (χ2v) is 5.23. The Bertz CT molecular complexity index is 779. The summed E-state index contributed by atoms with van der Waals surface area (Å²) < 4.78 is 28.6. The van der Waals surface area contributed by atoms with Gasteiger partial charge in [0.25, 0.3) is 0 Å². The molecule has 0 spiro atoms. The summed E-state index contributed by atoms with van der Waals surface area (Å²) in [6.45, 7) is 0. The first kappa shape index (κ1) is 13.7. The maximum atomic E-state index is 14.1. The molecule has 4 nitrogen and oxygen atoms in total. The van der Waals surface area contributed by atoms with Crippen LogP contribution in [0.5, 0.6) is 0 Å². The molecule has 106 valence electrons. The molecule has 0 radical (unpaired) electrons. The fourth-order valence-electron chi connectivity index (χ4n) is 2.09. The number of nitrogens with one attached hydrogen (secondary N) is 1. The number of hydrogen-bond donors (Lipinski definition) is 2. The van der Waals surface area contributed by atoms with Gasteiger partial charge in [-0.05, 0) is 24.3 Å². The third-order valence-electron chi connectivity index (χ3n) is 2.97. The Kier molecular flexibility index (Phi) is 3.42. The van der Waals surface area contributed by atoms with Crippen molar-refractivity contribution in [2.45, 2.75) is 0 Å². The van der Waals surface area contributed by atoms with Crippen LogP contribution in [0.1, 0.15) is 0 Å². The Morgan fingerprint density at radius 3 is 2.43 bits per heavy atom. The molecule has 0 aliphatic carbocycles. The molecule has 0 fully saturated rings. The molecule has 2 aromatic heterocycles. The van der Waals surface area contributed by atoms with Crippen LogP contribution >= 0.6 is 15.9 Å². The average molecular weight is 351 g/mol.